The first-order valence-corrected chi connectivity index (χ1v) is 12.6. The molecule has 1 heterocycles. The van der Waals surface area contributed by atoms with Crippen molar-refractivity contribution in [1.82, 2.24) is 4.98 Å². The lowest BCUT2D eigenvalue weighted by Gasteiger charge is -2.07. The van der Waals surface area contributed by atoms with Crippen molar-refractivity contribution in [3.05, 3.63) is 94.8 Å². The number of aromatic nitrogens is 1. The summed E-state index contributed by atoms with van der Waals surface area (Å²) in [4.78, 5) is 14.6. The summed E-state index contributed by atoms with van der Waals surface area (Å²) in [5.74, 6) is 0. The highest BCUT2D eigenvalue weighted by molar-refractivity contribution is 6.33. The lowest BCUT2D eigenvalue weighted by Crippen LogP contribution is -2.21. The molecule has 0 saturated carbocycles. The van der Waals surface area contributed by atoms with Crippen molar-refractivity contribution >= 4 is 29.3 Å². The van der Waals surface area contributed by atoms with Crippen LogP contribution in [0.3, 0.4) is 0 Å². The Morgan fingerprint density at radius 2 is 1.63 bits per heavy atom. The van der Waals surface area contributed by atoms with E-state index in [1.54, 1.807) is 43.5 Å². The molecule has 0 radical (unpaired) electrons. The zero-order valence-corrected chi connectivity index (χ0v) is 22.9. The molecule has 0 saturated heterocycles. The molecule has 0 aliphatic carbocycles. The Labute approximate surface area is 228 Å². The molecule has 3 aromatic rings. The fraction of sp³-hybridized carbons (Fsp3) is 0.345. The second kappa shape index (κ2) is 20.8. The number of methoxy groups -OCH3 is 1. The monoisotopic (exact) mass is 551 g/mol. The Bertz CT molecular complexity index is 1010. The molecule has 3 N–H and O–H groups in total. The van der Waals surface area contributed by atoms with Crippen LogP contribution in [0.5, 0.6) is 0 Å². The first kappa shape index (κ1) is 34.8. The van der Waals surface area contributed by atoms with E-state index in [0.717, 1.165) is 30.7 Å². The van der Waals surface area contributed by atoms with E-state index in [2.05, 4.69) is 4.98 Å². The van der Waals surface area contributed by atoms with Crippen LogP contribution >= 0.6 is 11.6 Å². The summed E-state index contributed by atoms with van der Waals surface area (Å²) in [5.41, 5.74) is 7.38. The number of hydrogen-bond acceptors (Lipinski definition) is 5. The Kier molecular flexibility index (Phi) is 19.0. The van der Waals surface area contributed by atoms with Gasteiger partial charge in [-0.05, 0) is 61.9 Å². The highest BCUT2D eigenvalue weighted by Gasteiger charge is 2.33. The number of nitrogen functional groups attached to an aromatic ring is 1. The lowest BCUT2D eigenvalue weighted by molar-refractivity contribution is -0.0613. The molecule has 9 heteroatoms. The normalized spacial score (nSPS) is 9.97. The van der Waals surface area contributed by atoms with Gasteiger partial charge in [-0.2, -0.15) is 13.2 Å². The summed E-state index contributed by atoms with van der Waals surface area (Å²) in [7, 11) is 1.72. The van der Waals surface area contributed by atoms with Gasteiger partial charge in [-0.15, -0.1) is 0 Å². The van der Waals surface area contributed by atoms with Crippen molar-refractivity contribution in [3.63, 3.8) is 0 Å². The summed E-state index contributed by atoms with van der Waals surface area (Å²) in [5, 5.41) is 7.42. The average Bonchev–Trinajstić information content (AvgIpc) is 2.93. The average molecular weight is 552 g/mol. The Morgan fingerprint density at radius 3 is 2.11 bits per heavy atom. The van der Waals surface area contributed by atoms with Crippen molar-refractivity contribution in [1.29, 1.82) is 5.41 Å². The van der Waals surface area contributed by atoms with Gasteiger partial charge in [0, 0.05) is 31.2 Å². The minimum atomic E-state index is -4.51. The number of halogens is 4. The molecule has 0 atom stereocenters. The molecule has 0 fully saturated rings. The van der Waals surface area contributed by atoms with Crippen LogP contribution in [0.2, 0.25) is 5.02 Å². The van der Waals surface area contributed by atoms with Gasteiger partial charge in [-0.3, -0.25) is 9.78 Å². The van der Waals surface area contributed by atoms with Crippen LogP contribution < -0.4 is 5.73 Å². The first-order valence-electron chi connectivity index (χ1n) is 12.2. The fourth-order valence-corrected chi connectivity index (χ4v) is 2.93. The summed E-state index contributed by atoms with van der Waals surface area (Å²) in [6.45, 7) is 4.82. The number of ether oxygens (including phenoxy) is 1. The van der Waals surface area contributed by atoms with E-state index in [-0.39, 0.29) is 12.8 Å². The van der Waals surface area contributed by atoms with E-state index in [0.29, 0.717) is 29.0 Å². The molecule has 2 aromatic carbocycles. The molecular weight excluding hydrogens is 515 g/mol. The van der Waals surface area contributed by atoms with E-state index < -0.39 is 11.9 Å². The minimum absolute atomic E-state index is 0.277. The van der Waals surface area contributed by atoms with Crippen LogP contribution in [0.25, 0.3) is 0 Å². The third kappa shape index (κ3) is 16.5. The number of pyridine rings is 1. The zero-order valence-electron chi connectivity index (χ0n) is 22.1. The molecule has 5 nitrogen and oxygen atoms in total. The van der Waals surface area contributed by atoms with Gasteiger partial charge in [0.25, 0.3) is 0 Å². The summed E-state index contributed by atoms with van der Waals surface area (Å²) >= 11 is 5.58. The van der Waals surface area contributed by atoms with Gasteiger partial charge < -0.3 is 15.9 Å². The maximum atomic E-state index is 12.0. The van der Waals surface area contributed by atoms with Gasteiger partial charge in [0.05, 0.1) is 10.7 Å². The lowest BCUT2D eigenvalue weighted by atomic mass is 10.0. The van der Waals surface area contributed by atoms with Crippen LogP contribution in [0.1, 0.15) is 54.7 Å². The molecule has 0 spiro atoms. The number of nitrogens with zero attached hydrogens (tertiary/aromatic N) is 1. The number of carbonyl (C=O) groups excluding carboxylic acids is 1. The molecule has 0 aliphatic heterocycles. The topological polar surface area (TPSA) is 89.1 Å². The van der Waals surface area contributed by atoms with Crippen molar-refractivity contribution in [2.75, 3.05) is 19.5 Å². The van der Waals surface area contributed by atoms with Crippen LogP contribution in [0, 0.1) is 5.41 Å². The first-order chi connectivity index (χ1) is 18.2. The Balaban J connectivity index is 0.000000559. The quantitative estimate of drug-likeness (QED) is 0.122. The number of anilines is 1. The van der Waals surface area contributed by atoms with Gasteiger partial charge in [-0.25, -0.2) is 0 Å². The second-order valence-electron chi connectivity index (χ2n) is 7.63. The van der Waals surface area contributed by atoms with Crippen molar-refractivity contribution < 1.29 is 22.7 Å². The van der Waals surface area contributed by atoms with E-state index >= 15 is 0 Å². The van der Waals surface area contributed by atoms with E-state index in [1.165, 1.54) is 0 Å². The summed E-state index contributed by atoms with van der Waals surface area (Å²) < 4.78 is 41.0. The molecule has 0 unspecified atom stereocenters. The second-order valence-corrected chi connectivity index (χ2v) is 8.04. The van der Waals surface area contributed by atoms with Crippen molar-refractivity contribution in [2.45, 2.75) is 52.1 Å². The summed E-state index contributed by atoms with van der Waals surface area (Å²) in [6, 6.07) is 19.9. The number of aldehydes is 1. The third-order valence-electron chi connectivity index (χ3n) is 4.76. The standard InChI is InChI=1S/C12H12F3NO.C9H13NO.C6H6ClN.C2H6/c13-12(14,15)11(16)3-1-2-9-4-6-10(8-17)7-5-9;1-11-8-4-6-9-5-2-3-7-10-9;7-5-3-1-2-4-6(5)8;1-2/h4-8,16H,1-3H2;2-3,5,7H,4,6,8H2,1H3;1-4H,8H2;1-2H3. The number of alkyl halides is 3. The van der Waals surface area contributed by atoms with Crippen LogP contribution in [0.4, 0.5) is 18.9 Å². The SMILES string of the molecule is CC.COCCCc1ccccn1.N=C(CCCc1ccc(C=O)cc1)C(F)(F)F.Nc1ccccc1Cl. The number of aryl methyl sites for hydroxylation is 2. The molecule has 1 aromatic heterocycles. The molecule has 3 rings (SSSR count). The van der Waals surface area contributed by atoms with Crippen LogP contribution in [-0.4, -0.2) is 36.9 Å². The van der Waals surface area contributed by atoms with Gasteiger partial charge in [0.2, 0.25) is 0 Å². The van der Waals surface area contributed by atoms with Crippen LogP contribution in [-0.2, 0) is 17.6 Å². The largest absolute Gasteiger partial charge is 0.428 e. The van der Waals surface area contributed by atoms with Crippen LogP contribution in [0.15, 0.2) is 72.9 Å². The number of carbonyl (C=O) groups is 1. The van der Waals surface area contributed by atoms with Gasteiger partial charge in [0.1, 0.15) is 12.0 Å². The van der Waals surface area contributed by atoms with Gasteiger partial charge in [0.15, 0.2) is 0 Å². The van der Waals surface area contributed by atoms with Crippen molar-refractivity contribution in [3.8, 4) is 0 Å². The Morgan fingerprint density at radius 1 is 1.00 bits per heavy atom. The van der Waals surface area contributed by atoms with E-state index in [4.69, 9.17) is 27.5 Å². The van der Waals surface area contributed by atoms with E-state index in [1.807, 2.05) is 50.4 Å². The maximum absolute atomic E-state index is 12.0. The molecule has 0 amide bonds. The minimum Gasteiger partial charge on any atom is -0.398 e. The number of nitrogens with one attached hydrogen (secondary N) is 1. The van der Waals surface area contributed by atoms with Gasteiger partial charge >= 0.3 is 6.18 Å². The number of para-hydroxylation sites is 1. The number of hydrogen-bond donors (Lipinski definition) is 2. The smallest absolute Gasteiger partial charge is 0.398 e. The highest BCUT2D eigenvalue weighted by atomic mass is 35.5. The number of benzene rings is 2. The van der Waals surface area contributed by atoms with E-state index in [9.17, 15) is 18.0 Å². The third-order valence-corrected chi connectivity index (χ3v) is 5.11. The number of rotatable bonds is 9. The predicted molar refractivity (Wildman–Crippen MR) is 150 cm³/mol. The predicted octanol–water partition coefficient (Wildman–Crippen LogP) is 8.01. The molecular formula is C29H37ClF3N3O2. The molecule has 0 bridgehead atoms. The number of nitrogens with two attached hydrogens (primary N) is 1. The van der Waals surface area contributed by atoms with Gasteiger partial charge in [-0.1, -0.05) is 67.9 Å². The molecule has 208 valence electrons. The molecule has 38 heavy (non-hydrogen) atoms. The highest BCUT2D eigenvalue weighted by Crippen LogP contribution is 2.20. The summed E-state index contributed by atoms with van der Waals surface area (Å²) in [6.07, 6.45) is 0.546. The maximum Gasteiger partial charge on any atom is 0.428 e. The fourth-order valence-electron chi connectivity index (χ4n) is 2.79. The Hall–Kier alpha value is -3.23. The molecule has 0 aliphatic rings. The zero-order chi connectivity index (χ0) is 28.8. The van der Waals surface area contributed by atoms with Crippen molar-refractivity contribution in [2.24, 2.45) is 0 Å².